The van der Waals surface area contributed by atoms with Crippen LogP contribution in [0.15, 0.2) is 24.3 Å². The number of carbonyl (C=O) groups excluding carboxylic acids is 2. The Morgan fingerprint density at radius 1 is 1.21 bits per heavy atom. The standard InChI is InChI=1S/C14H20N2O3/c1-2-19-14(18)9-10-16-13(17)8-5-11-3-6-12(15)7-4-11/h3-4,6-7H,2,5,8-10,15H2,1H3,(H,16,17). The van der Waals surface area contributed by atoms with E-state index in [0.717, 1.165) is 5.56 Å². The maximum Gasteiger partial charge on any atom is 0.307 e. The van der Waals surface area contributed by atoms with Crippen LogP contribution in [0, 0.1) is 0 Å². The number of hydrogen-bond donors (Lipinski definition) is 2. The minimum Gasteiger partial charge on any atom is -0.466 e. The molecule has 0 fully saturated rings. The molecule has 0 bridgehead atoms. The van der Waals surface area contributed by atoms with E-state index in [4.69, 9.17) is 10.5 Å². The van der Waals surface area contributed by atoms with Gasteiger partial charge in [-0.1, -0.05) is 12.1 Å². The van der Waals surface area contributed by atoms with E-state index in [-0.39, 0.29) is 18.3 Å². The molecule has 0 aromatic heterocycles. The average Bonchev–Trinajstić information content (AvgIpc) is 2.38. The summed E-state index contributed by atoms with van der Waals surface area (Å²) in [5.74, 6) is -0.359. The Morgan fingerprint density at radius 3 is 2.53 bits per heavy atom. The van der Waals surface area contributed by atoms with E-state index < -0.39 is 0 Å². The third-order valence-corrected chi connectivity index (χ3v) is 2.58. The quantitative estimate of drug-likeness (QED) is 0.574. The van der Waals surface area contributed by atoms with Crippen LogP contribution < -0.4 is 11.1 Å². The third-order valence-electron chi connectivity index (χ3n) is 2.58. The van der Waals surface area contributed by atoms with Crippen LogP contribution in [0.25, 0.3) is 0 Å². The summed E-state index contributed by atoms with van der Waals surface area (Å²) in [5.41, 5.74) is 7.35. The van der Waals surface area contributed by atoms with Gasteiger partial charge >= 0.3 is 5.97 Å². The minimum absolute atomic E-state index is 0.0684. The summed E-state index contributed by atoms with van der Waals surface area (Å²) in [4.78, 5) is 22.6. The number of anilines is 1. The van der Waals surface area contributed by atoms with Crippen LogP contribution in [-0.2, 0) is 20.7 Å². The molecule has 0 aliphatic rings. The molecule has 19 heavy (non-hydrogen) atoms. The molecule has 0 saturated heterocycles. The molecule has 5 heteroatoms. The van der Waals surface area contributed by atoms with Crippen molar-refractivity contribution in [2.75, 3.05) is 18.9 Å². The normalized spacial score (nSPS) is 9.95. The summed E-state index contributed by atoms with van der Waals surface area (Å²) in [6.07, 6.45) is 1.26. The van der Waals surface area contributed by atoms with Crippen molar-refractivity contribution in [3.63, 3.8) is 0 Å². The van der Waals surface area contributed by atoms with Gasteiger partial charge in [-0.15, -0.1) is 0 Å². The molecule has 0 unspecified atom stereocenters. The molecule has 0 saturated carbocycles. The monoisotopic (exact) mass is 264 g/mol. The number of rotatable bonds is 7. The van der Waals surface area contributed by atoms with Crippen molar-refractivity contribution in [1.82, 2.24) is 5.32 Å². The van der Waals surface area contributed by atoms with E-state index in [1.54, 1.807) is 6.92 Å². The average molecular weight is 264 g/mol. The van der Waals surface area contributed by atoms with E-state index in [0.29, 0.717) is 31.7 Å². The zero-order valence-electron chi connectivity index (χ0n) is 11.1. The first kappa shape index (κ1) is 15.0. The fourth-order valence-corrected chi connectivity index (χ4v) is 1.57. The molecule has 0 spiro atoms. The van der Waals surface area contributed by atoms with E-state index in [1.807, 2.05) is 24.3 Å². The van der Waals surface area contributed by atoms with Gasteiger partial charge in [-0.05, 0) is 31.0 Å². The first-order valence-corrected chi connectivity index (χ1v) is 6.38. The number of nitrogens with two attached hydrogens (primary N) is 1. The first-order chi connectivity index (χ1) is 9.11. The Hall–Kier alpha value is -2.04. The van der Waals surface area contributed by atoms with Gasteiger partial charge in [0.05, 0.1) is 13.0 Å². The highest BCUT2D eigenvalue weighted by Crippen LogP contribution is 2.07. The molecule has 1 aromatic carbocycles. The number of esters is 1. The highest BCUT2D eigenvalue weighted by atomic mass is 16.5. The number of aryl methyl sites for hydroxylation is 1. The summed E-state index contributed by atoms with van der Waals surface area (Å²) >= 11 is 0. The van der Waals surface area contributed by atoms with Gasteiger partial charge in [-0.25, -0.2) is 0 Å². The number of amides is 1. The number of nitrogens with one attached hydrogen (secondary N) is 1. The smallest absolute Gasteiger partial charge is 0.307 e. The summed E-state index contributed by atoms with van der Waals surface area (Å²) in [6.45, 7) is 2.44. The lowest BCUT2D eigenvalue weighted by atomic mass is 10.1. The molecule has 0 heterocycles. The lowest BCUT2D eigenvalue weighted by Crippen LogP contribution is -2.26. The second-order valence-corrected chi connectivity index (χ2v) is 4.15. The highest BCUT2D eigenvalue weighted by Gasteiger charge is 2.05. The lowest BCUT2D eigenvalue weighted by Gasteiger charge is -2.05. The second-order valence-electron chi connectivity index (χ2n) is 4.15. The molecule has 0 atom stereocenters. The molecule has 1 amide bonds. The van der Waals surface area contributed by atoms with Gasteiger partial charge in [-0.3, -0.25) is 9.59 Å². The Bertz CT molecular complexity index is 415. The second kappa shape index (κ2) is 8.13. The van der Waals surface area contributed by atoms with Crippen molar-refractivity contribution in [3.8, 4) is 0 Å². The molecule has 1 aromatic rings. The van der Waals surface area contributed by atoms with Crippen LogP contribution in [0.5, 0.6) is 0 Å². The maximum absolute atomic E-state index is 11.5. The van der Waals surface area contributed by atoms with Crippen molar-refractivity contribution in [2.45, 2.75) is 26.2 Å². The first-order valence-electron chi connectivity index (χ1n) is 6.38. The summed E-state index contributed by atoms with van der Waals surface area (Å²) in [5, 5.41) is 2.69. The van der Waals surface area contributed by atoms with E-state index in [9.17, 15) is 9.59 Å². The van der Waals surface area contributed by atoms with Crippen molar-refractivity contribution in [3.05, 3.63) is 29.8 Å². The number of benzene rings is 1. The van der Waals surface area contributed by atoms with Gasteiger partial charge in [0.25, 0.3) is 0 Å². The van der Waals surface area contributed by atoms with Crippen molar-refractivity contribution in [2.24, 2.45) is 0 Å². The molecule has 0 aliphatic heterocycles. The van der Waals surface area contributed by atoms with Crippen LogP contribution in [0.4, 0.5) is 5.69 Å². The fraction of sp³-hybridized carbons (Fsp3) is 0.429. The van der Waals surface area contributed by atoms with Gasteiger partial charge in [0, 0.05) is 18.7 Å². The molecule has 104 valence electrons. The Morgan fingerprint density at radius 2 is 1.89 bits per heavy atom. The number of hydrogen-bond acceptors (Lipinski definition) is 4. The predicted molar refractivity (Wildman–Crippen MR) is 73.4 cm³/mol. The topological polar surface area (TPSA) is 81.4 Å². The summed E-state index contributed by atoms with van der Waals surface area (Å²) in [7, 11) is 0. The van der Waals surface area contributed by atoms with Crippen LogP contribution in [0.2, 0.25) is 0 Å². The van der Waals surface area contributed by atoms with Crippen LogP contribution in [0.1, 0.15) is 25.3 Å². The number of ether oxygens (including phenoxy) is 1. The number of carbonyl (C=O) groups is 2. The molecular weight excluding hydrogens is 244 g/mol. The van der Waals surface area contributed by atoms with Crippen molar-refractivity contribution < 1.29 is 14.3 Å². The summed E-state index contributed by atoms with van der Waals surface area (Å²) < 4.78 is 4.76. The predicted octanol–water partition coefficient (Wildman–Crippen LogP) is 1.27. The molecule has 3 N–H and O–H groups in total. The number of nitrogen functional groups attached to an aromatic ring is 1. The Kier molecular flexibility index (Phi) is 6.43. The van der Waals surface area contributed by atoms with Gasteiger partial charge < -0.3 is 15.8 Å². The van der Waals surface area contributed by atoms with Gasteiger partial charge in [0.2, 0.25) is 5.91 Å². The summed E-state index contributed by atoms with van der Waals surface area (Å²) in [6, 6.07) is 7.43. The van der Waals surface area contributed by atoms with Crippen molar-refractivity contribution in [1.29, 1.82) is 0 Å². The van der Waals surface area contributed by atoms with Gasteiger partial charge in [0.15, 0.2) is 0 Å². The minimum atomic E-state index is -0.290. The Balaban J connectivity index is 2.17. The third kappa shape index (κ3) is 6.45. The fourth-order valence-electron chi connectivity index (χ4n) is 1.57. The SMILES string of the molecule is CCOC(=O)CCNC(=O)CCc1ccc(N)cc1. The molecule has 0 aliphatic carbocycles. The molecule has 5 nitrogen and oxygen atoms in total. The molecular formula is C14H20N2O3. The molecule has 1 rings (SSSR count). The van der Waals surface area contributed by atoms with Crippen LogP contribution in [-0.4, -0.2) is 25.0 Å². The van der Waals surface area contributed by atoms with Crippen molar-refractivity contribution >= 4 is 17.6 Å². The zero-order valence-corrected chi connectivity index (χ0v) is 11.1. The Labute approximate surface area is 113 Å². The maximum atomic E-state index is 11.5. The van der Waals surface area contributed by atoms with Crippen LogP contribution in [0.3, 0.4) is 0 Å². The van der Waals surface area contributed by atoms with E-state index >= 15 is 0 Å². The zero-order chi connectivity index (χ0) is 14.1. The van der Waals surface area contributed by atoms with Gasteiger partial charge in [-0.2, -0.15) is 0 Å². The lowest BCUT2D eigenvalue weighted by molar-refractivity contribution is -0.143. The molecule has 0 radical (unpaired) electrons. The van der Waals surface area contributed by atoms with E-state index in [1.165, 1.54) is 0 Å². The van der Waals surface area contributed by atoms with Crippen LogP contribution >= 0.6 is 0 Å². The highest BCUT2D eigenvalue weighted by molar-refractivity contribution is 5.77. The van der Waals surface area contributed by atoms with Gasteiger partial charge in [0.1, 0.15) is 0 Å². The van der Waals surface area contributed by atoms with E-state index in [2.05, 4.69) is 5.32 Å². The largest absolute Gasteiger partial charge is 0.466 e.